The normalized spacial score (nSPS) is 12.0. The van der Waals surface area contributed by atoms with Crippen LogP contribution in [-0.4, -0.2) is 0 Å². The first-order valence-corrected chi connectivity index (χ1v) is 17.6. The second-order valence-corrected chi connectivity index (χ2v) is 15.0. The molecular formula is C42H24S3. The third-order valence-corrected chi connectivity index (χ3v) is 12.5. The van der Waals surface area contributed by atoms with Crippen molar-refractivity contribution in [3.8, 4) is 33.4 Å². The molecule has 45 heavy (non-hydrogen) atoms. The number of benzene rings is 7. The number of rotatable bonds is 3. The third-order valence-electron chi connectivity index (χ3n) is 9.06. The smallest absolute Gasteiger partial charge is 0.0355 e. The van der Waals surface area contributed by atoms with Gasteiger partial charge in [0.1, 0.15) is 0 Å². The van der Waals surface area contributed by atoms with Gasteiger partial charge in [0.05, 0.1) is 0 Å². The van der Waals surface area contributed by atoms with Crippen molar-refractivity contribution in [2.24, 2.45) is 0 Å². The molecule has 0 amide bonds. The van der Waals surface area contributed by atoms with E-state index in [9.17, 15) is 0 Å². The minimum atomic E-state index is 1.24. The predicted octanol–water partition coefficient (Wildman–Crippen LogP) is 13.8. The molecule has 0 nitrogen and oxygen atoms in total. The Bertz CT molecular complexity index is 2450. The van der Waals surface area contributed by atoms with E-state index in [0.29, 0.717) is 0 Å². The van der Waals surface area contributed by atoms with Crippen LogP contribution in [0.2, 0.25) is 0 Å². The van der Waals surface area contributed by atoms with Crippen LogP contribution in [0.25, 0.3) is 93.9 Å². The van der Waals surface area contributed by atoms with Gasteiger partial charge in [-0.3, -0.25) is 0 Å². The van der Waals surface area contributed by atoms with Gasteiger partial charge in [0.25, 0.3) is 0 Å². The first kappa shape index (κ1) is 25.5. The summed E-state index contributed by atoms with van der Waals surface area (Å²) >= 11 is 5.62. The van der Waals surface area contributed by atoms with Gasteiger partial charge in [-0.25, -0.2) is 0 Å². The topological polar surface area (TPSA) is 0 Å². The molecule has 3 heteroatoms. The van der Waals surface area contributed by atoms with Crippen LogP contribution in [0.1, 0.15) is 0 Å². The molecule has 3 heterocycles. The van der Waals surface area contributed by atoms with Crippen molar-refractivity contribution in [3.63, 3.8) is 0 Å². The van der Waals surface area contributed by atoms with Gasteiger partial charge in [-0.15, -0.1) is 34.0 Å². The van der Waals surface area contributed by atoms with Crippen LogP contribution >= 0.6 is 34.0 Å². The molecule has 0 aliphatic rings. The quantitative estimate of drug-likeness (QED) is 0.183. The van der Waals surface area contributed by atoms with Crippen LogP contribution in [0.15, 0.2) is 146 Å². The first-order valence-electron chi connectivity index (χ1n) is 15.2. The zero-order valence-electron chi connectivity index (χ0n) is 24.1. The summed E-state index contributed by atoms with van der Waals surface area (Å²) in [7, 11) is 0. The minimum absolute atomic E-state index is 1.24. The van der Waals surface area contributed by atoms with Gasteiger partial charge in [0.15, 0.2) is 0 Å². The molecule has 7 aromatic carbocycles. The molecule has 0 saturated carbocycles. The molecule has 10 aromatic rings. The fourth-order valence-corrected chi connectivity index (χ4v) is 10.1. The molecule has 10 rings (SSSR count). The Morgan fingerprint density at radius 1 is 0.222 bits per heavy atom. The van der Waals surface area contributed by atoms with Crippen LogP contribution in [-0.2, 0) is 0 Å². The van der Waals surface area contributed by atoms with Crippen molar-refractivity contribution in [2.45, 2.75) is 0 Å². The number of hydrogen-bond acceptors (Lipinski definition) is 3. The lowest BCUT2D eigenvalue weighted by molar-refractivity contribution is 1.60. The maximum atomic E-state index is 2.39. The van der Waals surface area contributed by atoms with E-state index >= 15 is 0 Å². The highest BCUT2D eigenvalue weighted by Crippen LogP contribution is 2.42. The maximum absolute atomic E-state index is 2.39. The van der Waals surface area contributed by atoms with E-state index in [2.05, 4.69) is 146 Å². The monoisotopic (exact) mass is 624 g/mol. The SMILES string of the molecule is c1ccc2c(c1)sc1ccc(-c3cc(-c4ccc5sc6ccccc6c5c4)cc(-c4ccc5sc6ccccc6c5c4)c3)cc12. The molecular weight excluding hydrogens is 601 g/mol. The Kier molecular flexibility index (Phi) is 5.59. The molecule has 0 radical (unpaired) electrons. The largest absolute Gasteiger partial charge is 0.135 e. The predicted molar refractivity (Wildman–Crippen MR) is 201 cm³/mol. The van der Waals surface area contributed by atoms with Crippen molar-refractivity contribution in [1.29, 1.82) is 0 Å². The third kappa shape index (κ3) is 4.09. The summed E-state index contributed by atoms with van der Waals surface area (Å²) in [6.45, 7) is 0. The lowest BCUT2D eigenvalue weighted by Gasteiger charge is -2.12. The Balaban J connectivity index is 1.21. The van der Waals surface area contributed by atoms with E-state index in [1.807, 2.05) is 34.0 Å². The van der Waals surface area contributed by atoms with Gasteiger partial charge in [-0.05, 0) is 106 Å². The molecule has 0 spiro atoms. The average Bonchev–Trinajstić information content (AvgIpc) is 3.78. The van der Waals surface area contributed by atoms with Crippen LogP contribution in [0.3, 0.4) is 0 Å². The van der Waals surface area contributed by atoms with Crippen LogP contribution in [0.5, 0.6) is 0 Å². The lowest BCUT2D eigenvalue weighted by atomic mass is 9.92. The molecule has 0 aliphatic carbocycles. The van der Waals surface area contributed by atoms with E-state index < -0.39 is 0 Å². The summed E-state index contributed by atoms with van der Waals surface area (Å²) in [5, 5.41) is 7.99. The Hall–Kier alpha value is -4.80. The highest BCUT2D eigenvalue weighted by Gasteiger charge is 2.13. The molecule has 0 atom stereocenters. The van der Waals surface area contributed by atoms with Gasteiger partial charge < -0.3 is 0 Å². The summed E-state index contributed by atoms with van der Waals surface area (Å²) in [6.07, 6.45) is 0. The van der Waals surface area contributed by atoms with Crippen LogP contribution in [0.4, 0.5) is 0 Å². The van der Waals surface area contributed by atoms with Gasteiger partial charge in [-0.2, -0.15) is 0 Å². The fourth-order valence-electron chi connectivity index (χ4n) is 6.84. The summed E-state index contributed by atoms with van der Waals surface area (Å²) < 4.78 is 8.02. The van der Waals surface area contributed by atoms with Crippen molar-refractivity contribution in [3.05, 3.63) is 146 Å². The molecule has 3 aromatic heterocycles. The minimum Gasteiger partial charge on any atom is -0.135 e. The highest BCUT2D eigenvalue weighted by molar-refractivity contribution is 7.26. The Labute approximate surface area is 272 Å². The lowest BCUT2D eigenvalue weighted by Crippen LogP contribution is -1.86. The van der Waals surface area contributed by atoms with E-state index in [4.69, 9.17) is 0 Å². The van der Waals surface area contributed by atoms with Crippen LogP contribution < -0.4 is 0 Å². The van der Waals surface area contributed by atoms with E-state index in [-0.39, 0.29) is 0 Å². The number of fused-ring (bicyclic) bond motifs is 9. The molecule has 0 fully saturated rings. The van der Waals surface area contributed by atoms with Gasteiger partial charge in [0.2, 0.25) is 0 Å². The Morgan fingerprint density at radius 3 is 0.844 bits per heavy atom. The number of thiophene rings is 3. The zero-order valence-corrected chi connectivity index (χ0v) is 26.5. The second-order valence-electron chi connectivity index (χ2n) is 11.7. The summed E-state index contributed by atoms with van der Waals surface area (Å²) in [5.41, 5.74) is 7.47. The fraction of sp³-hybridized carbons (Fsp3) is 0. The summed E-state index contributed by atoms with van der Waals surface area (Å²) in [6, 6.07) is 54.4. The number of hydrogen-bond donors (Lipinski definition) is 0. The van der Waals surface area contributed by atoms with Crippen molar-refractivity contribution in [2.75, 3.05) is 0 Å². The summed E-state index contributed by atoms with van der Waals surface area (Å²) in [4.78, 5) is 0. The van der Waals surface area contributed by atoms with Gasteiger partial charge in [0, 0.05) is 60.5 Å². The van der Waals surface area contributed by atoms with E-state index in [0.717, 1.165) is 0 Å². The van der Waals surface area contributed by atoms with Gasteiger partial charge in [-0.1, -0.05) is 72.8 Å². The van der Waals surface area contributed by atoms with Crippen molar-refractivity contribution < 1.29 is 0 Å². The van der Waals surface area contributed by atoms with Crippen molar-refractivity contribution in [1.82, 2.24) is 0 Å². The Morgan fingerprint density at radius 2 is 0.511 bits per heavy atom. The summed E-state index contributed by atoms with van der Waals surface area (Å²) in [5.74, 6) is 0. The zero-order chi connectivity index (χ0) is 29.5. The van der Waals surface area contributed by atoms with E-state index in [1.165, 1.54) is 93.9 Å². The van der Waals surface area contributed by atoms with Gasteiger partial charge >= 0.3 is 0 Å². The molecule has 0 saturated heterocycles. The first-order chi connectivity index (χ1) is 22.2. The maximum Gasteiger partial charge on any atom is 0.0355 e. The molecule has 210 valence electrons. The standard InChI is InChI=1S/C42H24S3/c1-4-10-37-31(7-1)34-22-25(13-16-40(34)43-37)28-19-29(26-14-17-41-35(23-26)32-8-2-5-11-38(32)44-41)21-30(20-28)27-15-18-42-36(24-27)33-9-3-6-12-39(33)45-42/h1-24H. The van der Waals surface area contributed by atoms with E-state index in [1.54, 1.807) is 0 Å². The molecule has 0 bridgehead atoms. The second kappa shape index (κ2) is 9.85. The molecule has 0 aliphatic heterocycles. The molecule has 0 N–H and O–H groups in total. The van der Waals surface area contributed by atoms with Crippen LogP contribution in [0, 0.1) is 0 Å². The van der Waals surface area contributed by atoms with Crippen molar-refractivity contribution >= 4 is 94.5 Å². The highest BCUT2D eigenvalue weighted by atomic mass is 32.1. The average molecular weight is 625 g/mol. The molecule has 0 unspecified atom stereocenters.